The Morgan fingerprint density at radius 1 is 1.11 bits per heavy atom. The molecule has 7 nitrogen and oxygen atoms in total. The fourth-order valence-electron chi connectivity index (χ4n) is 6.95. The van der Waals surface area contributed by atoms with Crippen molar-refractivity contribution in [1.82, 2.24) is 4.90 Å². The minimum absolute atomic E-state index is 0.145. The summed E-state index contributed by atoms with van der Waals surface area (Å²) < 4.78 is 30.4. The van der Waals surface area contributed by atoms with Crippen LogP contribution in [-0.4, -0.2) is 62.8 Å². The first-order valence-electron chi connectivity index (χ1n) is 12.1. The zero-order chi connectivity index (χ0) is 24.4. The van der Waals surface area contributed by atoms with Crippen molar-refractivity contribution in [2.75, 3.05) is 27.9 Å². The molecule has 2 aliphatic heterocycles. The first-order valence-corrected chi connectivity index (χ1v) is 12.1. The largest absolute Gasteiger partial charge is 0.493 e. The van der Waals surface area contributed by atoms with Gasteiger partial charge in [-0.25, -0.2) is 0 Å². The van der Waals surface area contributed by atoms with Gasteiger partial charge in [0.1, 0.15) is 0 Å². The third-order valence-corrected chi connectivity index (χ3v) is 8.33. The smallest absolute Gasteiger partial charge is 0.303 e. The molecule has 7 heteroatoms. The van der Waals surface area contributed by atoms with E-state index in [0.717, 1.165) is 31.7 Å². The minimum atomic E-state index is -1.29. The average Bonchev–Trinajstić information content (AvgIpc) is 3.21. The number of esters is 1. The Morgan fingerprint density at radius 2 is 1.89 bits per heavy atom. The van der Waals surface area contributed by atoms with Crippen molar-refractivity contribution in [3.8, 4) is 11.5 Å². The number of nitrogens with zero attached hydrogens (tertiary/aromatic N) is 1. The summed E-state index contributed by atoms with van der Waals surface area (Å²) in [4.78, 5) is 14.7. The standard InChI is InChI=1S/C28H31NO6/c1-17(30)34-23-15-20-21-14-19-10-11-22(31-2)25-24(19)27(20,26(35-25)28(23,32-3)33-4)12-13-29(21)16-18-8-6-5-7-9-18/h5-11,15,21,23,26H,12-14,16H2,1-4H3/t21-,23+,26-,27+/m1/s1. The highest BCUT2D eigenvalue weighted by atomic mass is 16.7. The van der Waals surface area contributed by atoms with Crippen molar-refractivity contribution in [3.63, 3.8) is 0 Å². The van der Waals surface area contributed by atoms with Crippen LogP contribution >= 0.6 is 0 Å². The molecule has 2 bridgehead atoms. The molecule has 4 aliphatic rings. The number of hydrogen-bond acceptors (Lipinski definition) is 7. The average molecular weight is 478 g/mol. The van der Waals surface area contributed by atoms with Crippen LogP contribution in [0.4, 0.5) is 0 Å². The van der Waals surface area contributed by atoms with E-state index in [1.807, 2.05) is 12.1 Å². The normalized spacial score (nSPS) is 29.6. The lowest BCUT2D eigenvalue weighted by molar-refractivity contribution is -0.302. The minimum Gasteiger partial charge on any atom is -0.493 e. The number of piperidine rings is 1. The number of methoxy groups -OCH3 is 3. The van der Waals surface area contributed by atoms with Gasteiger partial charge in [-0.3, -0.25) is 9.69 Å². The van der Waals surface area contributed by atoms with Gasteiger partial charge in [-0.1, -0.05) is 36.4 Å². The highest BCUT2D eigenvalue weighted by Crippen LogP contribution is 2.64. The molecule has 0 unspecified atom stereocenters. The van der Waals surface area contributed by atoms with Gasteiger partial charge in [-0.05, 0) is 41.7 Å². The van der Waals surface area contributed by atoms with E-state index in [2.05, 4.69) is 41.3 Å². The quantitative estimate of drug-likeness (QED) is 0.359. The molecule has 0 aromatic heterocycles. The Kier molecular flexibility index (Phi) is 5.22. The number of likely N-dealkylation sites (tertiary alicyclic amines) is 1. The first kappa shape index (κ1) is 22.6. The molecule has 0 amide bonds. The molecule has 2 aromatic carbocycles. The van der Waals surface area contributed by atoms with Gasteiger partial charge in [0.05, 0.1) is 12.5 Å². The molecule has 0 saturated carbocycles. The lowest BCUT2D eigenvalue weighted by atomic mass is 9.54. The second-order valence-electron chi connectivity index (χ2n) is 9.81. The summed E-state index contributed by atoms with van der Waals surface area (Å²) in [7, 11) is 4.84. The van der Waals surface area contributed by atoms with E-state index in [1.54, 1.807) is 21.3 Å². The van der Waals surface area contributed by atoms with Gasteiger partial charge < -0.3 is 23.7 Å². The SMILES string of the molecule is COc1ccc2c3c1O[C@H]1C(OC)(OC)[C@@H](OC(C)=O)C=C4[C@@H](C2)N(Cc2ccccc2)CC[C@]431. The molecule has 2 aliphatic carbocycles. The van der Waals surface area contributed by atoms with E-state index in [9.17, 15) is 4.79 Å². The predicted molar refractivity (Wildman–Crippen MR) is 128 cm³/mol. The van der Waals surface area contributed by atoms with Crippen molar-refractivity contribution in [2.45, 2.75) is 55.8 Å². The van der Waals surface area contributed by atoms with Gasteiger partial charge in [0, 0.05) is 45.8 Å². The molecule has 6 rings (SSSR count). The van der Waals surface area contributed by atoms with Crippen molar-refractivity contribution in [1.29, 1.82) is 0 Å². The van der Waals surface area contributed by atoms with Crippen LogP contribution in [0.25, 0.3) is 0 Å². The molecule has 2 aromatic rings. The van der Waals surface area contributed by atoms with E-state index in [0.29, 0.717) is 5.75 Å². The zero-order valence-electron chi connectivity index (χ0n) is 20.6. The summed E-state index contributed by atoms with van der Waals surface area (Å²) in [6.07, 6.45) is 2.49. The zero-order valence-corrected chi connectivity index (χ0v) is 20.6. The van der Waals surface area contributed by atoms with E-state index >= 15 is 0 Å². The Bertz CT molecular complexity index is 1190. The van der Waals surface area contributed by atoms with Crippen LogP contribution in [0.2, 0.25) is 0 Å². The Hall–Kier alpha value is -2.87. The highest BCUT2D eigenvalue weighted by Gasteiger charge is 2.71. The molecule has 0 radical (unpaired) electrons. The van der Waals surface area contributed by atoms with Gasteiger partial charge in [-0.2, -0.15) is 0 Å². The predicted octanol–water partition coefficient (Wildman–Crippen LogP) is 3.39. The second kappa shape index (κ2) is 8.08. The number of ether oxygens (including phenoxy) is 5. The number of rotatable bonds is 6. The number of carbonyl (C=O) groups excluding carboxylic acids is 1. The van der Waals surface area contributed by atoms with Crippen molar-refractivity contribution in [3.05, 3.63) is 70.8 Å². The van der Waals surface area contributed by atoms with E-state index < -0.39 is 29.4 Å². The molecule has 184 valence electrons. The number of hydrogen-bond donors (Lipinski definition) is 0. The van der Waals surface area contributed by atoms with Crippen molar-refractivity contribution < 1.29 is 28.5 Å². The molecule has 0 N–H and O–H groups in total. The molecular weight excluding hydrogens is 446 g/mol. The van der Waals surface area contributed by atoms with E-state index in [1.165, 1.54) is 29.2 Å². The third kappa shape index (κ3) is 2.98. The number of carbonyl (C=O) groups is 1. The maximum Gasteiger partial charge on any atom is 0.303 e. The molecule has 35 heavy (non-hydrogen) atoms. The molecule has 1 spiro atoms. The lowest BCUT2D eigenvalue weighted by Gasteiger charge is -2.58. The Balaban J connectivity index is 1.56. The van der Waals surface area contributed by atoms with Crippen LogP contribution in [0.3, 0.4) is 0 Å². The van der Waals surface area contributed by atoms with Crippen LogP contribution in [0, 0.1) is 0 Å². The monoisotopic (exact) mass is 477 g/mol. The molecule has 2 heterocycles. The van der Waals surface area contributed by atoms with Gasteiger partial charge in [0.25, 0.3) is 0 Å². The highest BCUT2D eigenvalue weighted by molar-refractivity contribution is 5.69. The van der Waals surface area contributed by atoms with E-state index in [-0.39, 0.29) is 6.04 Å². The fourth-order valence-corrected chi connectivity index (χ4v) is 6.95. The summed E-state index contributed by atoms with van der Waals surface area (Å²) in [6, 6.07) is 14.8. The maximum absolute atomic E-state index is 12.2. The lowest BCUT2D eigenvalue weighted by Crippen LogP contribution is -2.71. The summed E-state index contributed by atoms with van der Waals surface area (Å²) in [5, 5.41) is 0. The van der Waals surface area contributed by atoms with E-state index in [4.69, 9.17) is 23.7 Å². The molecule has 1 saturated heterocycles. The summed E-state index contributed by atoms with van der Waals surface area (Å²) in [5.74, 6) is -0.239. The third-order valence-electron chi connectivity index (χ3n) is 8.33. The van der Waals surface area contributed by atoms with Gasteiger partial charge in [-0.15, -0.1) is 0 Å². The van der Waals surface area contributed by atoms with Crippen LogP contribution in [0.5, 0.6) is 11.5 Å². The fraction of sp³-hybridized carbons (Fsp3) is 0.464. The van der Waals surface area contributed by atoms with Crippen molar-refractivity contribution >= 4 is 5.97 Å². The number of benzene rings is 2. The summed E-state index contributed by atoms with van der Waals surface area (Å²) >= 11 is 0. The maximum atomic E-state index is 12.2. The molecular formula is C28H31NO6. The first-order chi connectivity index (χ1) is 17.0. The Morgan fingerprint density at radius 3 is 2.57 bits per heavy atom. The van der Waals surface area contributed by atoms with Crippen LogP contribution < -0.4 is 9.47 Å². The Labute approximate surface area is 205 Å². The van der Waals surface area contributed by atoms with Crippen LogP contribution in [0.1, 0.15) is 30.0 Å². The van der Waals surface area contributed by atoms with Gasteiger partial charge >= 0.3 is 5.97 Å². The molecule has 1 fully saturated rings. The summed E-state index contributed by atoms with van der Waals surface area (Å²) in [5.41, 5.74) is 4.48. The topological polar surface area (TPSA) is 66.5 Å². The molecule has 4 atom stereocenters. The van der Waals surface area contributed by atoms with Gasteiger partial charge in [0.15, 0.2) is 23.7 Å². The van der Waals surface area contributed by atoms with Crippen molar-refractivity contribution in [2.24, 2.45) is 0 Å². The van der Waals surface area contributed by atoms with Crippen LogP contribution in [-0.2, 0) is 37.4 Å². The van der Waals surface area contributed by atoms with Crippen LogP contribution in [0.15, 0.2) is 54.1 Å². The van der Waals surface area contributed by atoms with Gasteiger partial charge in [0.2, 0.25) is 5.79 Å². The summed E-state index contributed by atoms with van der Waals surface area (Å²) in [6.45, 7) is 3.16. The second-order valence-corrected chi connectivity index (χ2v) is 9.81.